The molecule has 0 aliphatic carbocycles. The van der Waals surface area contributed by atoms with E-state index in [-0.39, 0.29) is 0 Å². The van der Waals surface area contributed by atoms with E-state index in [4.69, 9.17) is 10.5 Å². The summed E-state index contributed by atoms with van der Waals surface area (Å²) < 4.78 is 5.69. The van der Waals surface area contributed by atoms with Crippen LogP contribution in [0.4, 0.5) is 11.4 Å². The number of nitrogen functional groups attached to an aromatic ring is 1. The minimum Gasteiger partial charge on any atom is -0.492 e. The molecule has 2 rings (SSSR count). The van der Waals surface area contributed by atoms with E-state index in [1.54, 1.807) is 0 Å². The van der Waals surface area contributed by atoms with Crippen molar-refractivity contribution in [2.24, 2.45) is 0 Å². The number of likely N-dealkylation sites (N-methyl/N-ethyl adjacent to an activating group) is 1. The highest BCUT2D eigenvalue weighted by Crippen LogP contribution is 2.31. The minimum absolute atomic E-state index is 0.672. The van der Waals surface area contributed by atoms with Crippen molar-refractivity contribution in [2.45, 2.75) is 13.8 Å². The Morgan fingerprint density at radius 3 is 2.50 bits per heavy atom. The Hall–Kier alpha value is -1.42. The van der Waals surface area contributed by atoms with Crippen LogP contribution in [0.1, 0.15) is 13.8 Å². The van der Waals surface area contributed by atoms with Gasteiger partial charge in [0.15, 0.2) is 0 Å². The number of piperazine rings is 1. The monoisotopic (exact) mass is 249 g/mol. The summed E-state index contributed by atoms with van der Waals surface area (Å²) in [7, 11) is 0. The number of hydrogen-bond donors (Lipinski definition) is 1. The molecule has 4 nitrogen and oxygen atoms in total. The van der Waals surface area contributed by atoms with E-state index in [1.165, 1.54) is 5.69 Å². The molecule has 1 aliphatic rings. The van der Waals surface area contributed by atoms with Crippen LogP contribution in [0.3, 0.4) is 0 Å². The lowest BCUT2D eigenvalue weighted by Gasteiger charge is -2.36. The molecule has 2 N–H and O–H groups in total. The molecule has 0 spiro atoms. The number of rotatable bonds is 4. The predicted molar refractivity (Wildman–Crippen MR) is 76.4 cm³/mol. The molecule has 100 valence electrons. The first-order valence-corrected chi connectivity index (χ1v) is 6.74. The van der Waals surface area contributed by atoms with Gasteiger partial charge in [0.1, 0.15) is 5.75 Å². The van der Waals surface area contributed by atoms with E-state index in [0.717, 1.165) is 44.2 Å². The standard InChI is InChI=1S/C14H23N3O/c1-3-16-7-9-17(10-8-16)13-6-5-12(15)11-14(13)18-4-2/h5-6,11H,3-4,7-10,15H2,1-2H3. The van der Waals surface area contributed by atoms with Crippen molar-refractivity contribution in [3.05, 3.63) is 18.2 Å². The van der Waals surface area contributed by atoms with Gasteiger partial charge in [-0.25, -0.2) is 0 Å². The van der Waals surface area contributed by atoms with E-state index < -0.39 is 0 Å². The van der Waals surface area contributed by atoms with Crippen molar-refractivity contribution < 1.29 is 4.74 Å². The summed E-state index contributed by atoms with van der Waals surface area (Å²) in [5.74, 6) is 0.905. The van der Waals surface area contributed by atoms with Gasteiger partial charge in [0.05, 0.1) is 12.3 Å². The van der Waals surface area contributed by atoms with E-state index in [0.29, 0.717) is 6.61 Å². The van der Waals surface area contributed by atoms with Crippen LogP contribution in [-0.2, 0) is 0 Å². The first kappa shape index (κ1) is 13.0. The third-order valence-electron chi connectivity index (χ3n) is 3.44. The van der Waals surface area contributed by atoms with Crippen molar-refractivity contribution in [1.29, 1.82) is 0 Å². The molecule has 1 aromatic carbocycles. The quantitative estimate of drug-likeness (QED) is 0.826. The Labute approximate surface area is 109 Å². The molecule has 0 radical (unpaired) electrons. The molecule has 0 saturated carbocycles. The second-order valence-electron chi connectivity index (χ2n) is 4.58. The number of ether oxygens (including phenoxy) is 1. The number of anilines is 2. The summed E-state index contributed by atoms with van der Waals surface area (Å²) in [4.78, 5) is 4.85. The van der Waals surface area contributed by atoms with Gasteiger partial charge in [0.2, 0.25) is 0 Å². The van der Waals surface area contributed by atoms with Gasteiger partial charge < -0.3 is 20.3 Å². The topological polar surface area (TPSA) is 41.7 Å². The molecule has 1 aliphatic heterocycles. The molecule has 18 heavy (non-hydrogen) atoms. The molecular weight excluding hydrogens is 226 g/mol. The Morgan fingerprint density at radius 1 is 1.17 bits per heavy atom. The highest BCUT2D eigenvalue weighted by atomic mass is 16.5. The van der Waals surface area contributed by atoms with Crippen LogP contribution in [0.2, 0.25) is 0 Å². The fraction of sp³-hybridized carbons (Fsp3) is 0.571. The predicted octanol–water partition coefficient (Wildman–Crippen LogP) is 1.81. The maximum absolute atomic E-state index is 5.82. The van der Waals surface area contributed by atoms with Crippen LogP contribution < -0.4 is 15.4 Å². The van der Waals surface area contributed by atoms with Crippen LogP contribution in [0, 0.1) is 0 Å². The summed E-state index contributed by atoms with van der Waals surface area (Å²) in [5.41, 5.74) is 7.75. The lowest BCUT2D eigenvalue weighted by atomic mass is 10.2. The first-order chi connectivity index (χ1) is 8.74. The lowest BCUT2D eigenvalue weighted by molar-refractivity contribution is 0.269. The summed E-state index contributed by atoms with van der Waals surface area (Å²) in [5, 5.41) is 0. The van der Waals surface area contributed by atoms with Crippen LogP contribution in [-0.4, -0.2) is 44.2 Å². The zero-order valence-corrected chi connectivity index (χ0v) is 11.4. The highest BCUT2D eigenvalue weighted by molar-refractivity contribution is 5.64. The van der Waals surface area contributed by atoms with E-state index >= 15 is 0 Å². The molecule has 0 atom stereocenters. The third kappa shape index (κ3) is 2.88. The third-order valence-corrected chi connectivity index (χ3v) is 3.44. The SMILES string of the molecule is CCOc1cc(N)ccc1N1CCN(CC)CC1. The van der Waals surface area contributed by atoms with Crippen LogP contribution in [0.25, 0.3) is 0 Å². The molecule has 1 saturated heterocycles. The second-order valence-corrected chi connectivity index (χ2v) is 4.58. The number of nitrogens with zero attached hydrogens (tertiary/aromatic N) is 2. The van der Waals surface area contributed by atoms with Gasteiger partial charge in [-0.3, -0.25) is 0 Å². The summed E-state index contributed by atoms with van der Waals surface area (Å²) >= 11 is 0. The molecule has 1 fully saturated rings. The van der Waals surface area contributed by atoms with Crippen molar-refractivity contribution in [2.75, 3.05) is 50.0 Å². The number of benzene rings is 1. The molecule has 4 heteroatoms. The van der Waals surface area contributed by atoms with Gasteiger partial charge in [-0.05, 0) is 25.6 Å². The van der Waals surface area contributed by atoms with Gasteiger partial charge in [-0.1, -0.05) is 6.92 Å². The fourth-order valence-corrected chi connectivity index (χ4v) is 2.37. The van der Waals surface area contributed by atoms with Gasteiger partial charge in [-0.15, -0.1) is 0 Å². The minimum atomic E-state index is 0.672. The Morgan fingerprint density at radius 2 is 1.89 bits per heavy atom. The normalized spacial score (nSPS) is 16.9. The average Bonchev–Trinajstić information content (AvgIpc) is 2.40. The van der Waals surface area contributed by atoms with Crippen molar-refractivity contribution in [1.82, 2.24) is 4.90 Å². The summed E-state index contributed by atoms with van der Waals surface area (Å²) in [6.45, 7) is 10.4. The van der Waals surface area contributed by atoms with Crippen molar-refractivity contribution in [3.63, 3.8) is 0 Å². The summed E-state index contributed by atoms with van der Waals surface area (Å²) in [6.07, 6.45) is 0. The van der Waals surface area contributed by atoms with Gasteiger partial charge in [-0.2, -0.15) is 0 Å². The maximum atomic E-state index is 5.82. The number of hydrogen-bond acceptors (Lipinski definition) is 4. The Balaban J connectivity index is 2.13. The zero-order valence-electron chi connectivity index (χ0n) is 11.4. The maximum Gasteiger partial charge on any atom is 0.144 e. The molecule has 0 aromatic heterocycles. The zero-order chi connectivity index (χ0) is 13.0. The highest BCUT2D eigenvalue weighted by Gasteiger charge is 2.18. The largest absolute Gasteiger partial charge is 0.492 e. The Bertz CT molecular complexity index is 387. The summed E-state index contributed by atoms with van der Waals surface area (Å²) in [6, 6.07) is 5.94. The van der Waals surface area contributed by atoms with E-state index in [2.05, 4.69) is 22.8 Å². The van der Waals surface area contributed by atoms with Crippen LogP contribution in [0.15, 0.2) is 18.2 Å². The molecular formula is C14H23N3O. The molecule has 0 amide bonds. The van der Waals surface area contributed by atoms with Crippen LogP contribution in [0.5, 0.6) is 5.75 Å². The fourth-order valence-electron chi connectivity index (χ4n) is 2.37. The van der Waals surface area contributed by atoms with E-state index in [9.17, 15) is 0 Å². The van der Waals surface area contributed by atoms with Gasteiger partial charge in [0, 0.05) is 37.9 Å². The van der Waals surface area contributed by atoms with Crippen molar-refractivity contribution >= 4 is 11.4 Å². The van der Waals surface area contributed by atoms with Crippen molar-refractivity contribution in [3.8, 4) is 5.75 Å². The molecule has 1 aromatic rings. The molecule has 1 heterocycles. The first-order valence-electron chi connectivity index (χ1n) is 6.74. The second kappa shape index (κ2) is 5.96. The smallest absolute Gasteiger partial charge is 0.144 e. The van der Waals surface area contributed by atoms with Gasteiger partial charge >= 0.3 is 0 Å². The van der Waals surface area contributed by atoms with E-state index in [1.807, 2.05) is 19.1 Å². The molecule has 0 unspecified atom stereocenters. The number of nitrogens with two attached hydrogens (primary N) is 1. The lowest BCUT2D eigenvalue weighted by Crippen LogP contribution is -2.46. The Kier molecular flexibility index (Phi) is 4.31. The van der Waals surface area contributed by atoms with Gasteiger partial charge in [0.25, 0.3) is 0 Å². The van der Waals surface area contributed by atoms with Crippen LogP contribution >= 0.6 is 0 Å². The molecule has 0 bridgehead atoms. The average molecular weight is 249 g/mol.